The largest absolute Gasteiger partial charge is 0.392 e. The van der Waals surface area contributed by atoms with E-state index in [4.69, 9.17) is 5.11 Å². The average molecular weight is 196 g/mol. The van der Waals surface area contributed by atoms with Crippen molar-refractivity contribution in [2.45, 2.75) is 20.0 Å². The van der Waals surface area contributed by atoms with Gasteiger partial charge in [0.05, 0.1) is 6.10 Å². The number of carbonyl (C=O) groups excluding carboxylic acids is 1. The summed E-state index contributed by atoms with van der Waals surface area (Å²) in [6, 6.07) is 3.66. The van der Waals surface area contributed by atoms with Crippen LogP contribution >= 0.6 is 0 Å². The number of carbonyl (C=O) groups is 1. The first kappa shape index (κ1) is 10.8. The molecule has 14 heavy (non-hydrogen) atoms. The Hall–Kier alpha value is -1.29. The van der Waals surface area contributed by atoms with Crippen LogP contribution in [0, 0.1) is 6.92 Å². The maximum Gasteiger partial charge on any atom is 0.267 e. The molecule has 78 valence electrons. The van der Waals surface area contributed by atoms with Crippen molar-refractivity contribution in [1.82, 2.24) is 9.88 Å². The number of aliphatic hydroxyl groups is 1. The topological polar surface area (TPSA) is 54.3 Å². The van der Waals surface area contributed by atoms with Crippen molar-refractivity contribution >= 4 is 5.91 Å². The van der Waals surface area contributed by atoms with Gasteiger partial charge in [-0.25, -0.2) is 0 Å². The SMILES string of the molecule is Cc1ccc(C(=O)NCC(C)O)n1C. The zero-order valence-corrected chi connectivity index (χ0v) is 8.74. The molecule has 0 radical (unpaired) electrons. The van der Waals surface area contributed by atoms with E-state index in [0.717, 1.165) is 5.69 Å². The van der Waals surface area contributed by atoms with Gasteiger partial charge in [-0.3, -0.25) is 4.79 Å². The first-order valence-corrected chi connectivity index (χ1v) is 4.61. The normalized spacial score (nSPS) is 12.6. The summed E-state index contributed by atoms with van der Waals surface area (Å²) in [4.78, 5) is 11.5. The minimum Gasteiger partial charge on any atom is -0.392 e. The molecule has 4 heteroatoms. The first-order chi connectivity index (χ1) is 6.52. The van der Waals surface area contributed by atoms with E-state index in [2.05, 4.69) is 5.32 Å². The van der Waals surface area contributed by atoms with Gasteiger partial charge in [0.1, 0.15) is 5.69 Å². The number of rotatable bonds is 3. The molecular formula is C10H16N2O2. The van der Waals surface area contributed by atoms with Crippen LogP contribution in [0.4, 0.5) is 0 Å². The van der Waals surface area contributed by atoms with Crippen LogP contribution in [0.3, 0.4) is 0 Å². The lowest BCUT2D eigenvalue weighted by Gasteiger charge is -2.08. The van der Waals surface area contributed by atoms with Crippen LogP contribution in [0.1, 0.15) is 23.1 Å². The van der Waals surface area contributed by atoms with E-state index in [1.165, 1.54) is 0 Å². The second kappa shape index (κ2) is 4.28. The number of amides is 1. The predicted molar refractivity (Wildman–Crippen MR) is 54.2 cm³/mol. The third-order valence-electron chi connectivity index (χ3n) is 2.16. The second-order valence-corrected chi connectivity index (χ2v) is 3.48. The number of hydrogen-bond donors (Lipinski definition) is 2. The molecule has 1 unspecified atom stereocenters. The number of hydrogen-bond acceptors (Lipinski definition) is 2. The summed E-state index contributed by atoms with van der Waals surface area (Å²) >= 11 is 0. The molecule has 0 saturated heterocycles. The zero-order chi connectivity index (χ0) is 10.7. The van der Waals surface area contributed by atoms with Crippen molar-refractivity contribution in [2.24, 2.45) is 7.05 Å². The van der Waals surface area contributed by atoms with Gasteiger partial charge in [-0.1, -0.05) is 0 Å². The highest BCUT2D eigenvalue weighted by atomic mass is 16.3. The molecule has 0 aromatic carbocycles. The molecular weight excluding hydrogens is 180 g/mol. The van der Waals surface area contributed by atoms with E-state index in [1.54, 1.807) is 13.0 Å². The minimum absolute atomic E-state index is 0.151. The highest BCUT2D eigenvalue weighted by Gasteiger charge is 2.10. The summed E-state index contributed by atoms with van der Waals surface area (Å²) in [6.07, 6.45) is -0.514. The van der Waals surface area contributed by atoms with Gasteiger partial charge in [0.2, 0.25) is 0 Å². The molecule has 0 saturated carbocycles. The lowest BCUT2D eigenvalue weighted by molar-refractivity contribution is 0.0915. The summed E-state index contributed by atoms with van der Waals surface area (Å²) in [7, 11) is 1.84. The van der Waals surface area contributed by atoms with Crippen molar-refractivity contribution in [3.05, 3.63) is 23.5 Å². The fourth-order valence-electron chi connectivity index (χ4n) is 1.17. The number of nitrogens with zero attached hydrogens (tertiary/aromatic N) is 1. The average Bonchev–Trinajstić information content (AvgIpc) is 2.44. The van der Waals surface area contributed by atoms with Crippen molar-refractivity contribution in [1.29, 1.82) is 0 Å². The minimum atomic E-state index is -0.514. The Morgan fingerprint density at radius 2 is 2.29 bits per heavy atom. The van der Waals surface area contributed by atoms with E-state index in [9.17, 15) is 4.79 Å². The lowest BCUT2D eigenvalue weighted by Crippen LogP contribution is -2.31. The van der Waals surface area contributed by atoms with E-state index in [0.29, 0.717) is 5.69 Å². The van der Waals surface area contributed by atoms with Crippen LogP contribution in [0.25, 0.3) is 0 Å². The van der Waals surface area contributed by atoms with E-state index >= 15 is 0 Å². The summed E-state index contributed by atoms with van der Waals surface area (Å²) in [5.41, 5.74) is 1.65. The van der Waals surface area contributed by atoms with Gasteiger partial charge in [0, 0.05) is 19.3 Å². The molecule has 0 aliphatic rings. The molecule has 1 rings (SSSR count). The van der Waals surface area contributed by atoms with Crippen LogP contribution in [-0.2, 0) is 7.05 Å². The third-order valence-corrected chi connectivity index (χ3v) is 2.16. The summed E-state index contributed by atoms with van der Waals surface area (Å²) in [5.74, 6) is -0.151. The second-order valence-electron chi connectivity index (χ2n) is 3.48. The molecule has 0 aliphatic heterocycles. The maximum absolute atomic E-state index is 11.5. The van der Waals surface area contributed by atoms with E-state index in [1.807, 2.05) is 24.6 Å². The fourth-order valence-corrected chi connectivity index (χ4v) is 1.17. The summed E-state index contributed by atoms with van der Waals surface area (Å²) in [6.45, 7) is 3.85. The Morgan fingerprint density at radius 3 is 2.71 bits per heavy atom. The summed E-state index contributed by atoms with van der Waals surface area (Å²) < 4.78 is 1.82. The standard InChI is InChI=1S/C10H16N2O2/c1-7-4-5-9(12(7)3)10(14)11-6-8(2)13/h4-5,8,13H,6H2,1-3H3,(H,11,14). The zero-order valence-electron chi connectivity index (χ0n) is 8.74. The van der Waals surface area contributed by atoms with Crippen LogP contribution in [0.5, 0.6) is 0 Å². The van der Waals surface area contributed by atoms with Crippen molar-refractivity contribution in [3.8, 4) is 0 Å². The quantitative estimate of drug-likeness (QED) is 0.737. The molecule has 0 spiro atoms. The monoisotopic (exact) mass is 196 g/mol. The molecule has 0 fully saturated rings. The maximum atomic E-state index is 11.5. The number of aliphatic hydroxyl groups excluding tert-OH is 1. The molecule has 1 heterocycles. The molecule has 1 amide bonds. The number of nitrogens with one attached hydrogen (secondary N) is 1. The van der Waals surface area contributed by atoms with Gasteiger partial charge < -0.3 is 15.0 Å². The smallest absolute Gasteiger partial charge is 0.267 e. The number of aryl methyl sites for hydroxylation is 1. The van der Waals surface area contributed by atoms with Gasteiger partial charge in [-0.05, 0) is 26.0 Å². The Bertz CT molecular complexity index is 329. The van der Waals surface area contributed by atoms with Crippen LogP contribution in [-0.4, -0.2) is 28.2 Å². The number of aromatic nitrogens is 1. The predicted octanol–water partition coefficient (Wildman–Crippen LogP) is 0.444. The van der Waals surface area contributed by atoms with Crippen molar-refractivity contribution in [3.63, 3.8) is 0 Å². The highest BCUT2D eigenvalue weighted by molar-refractivity contribution is 5.92. The molecule has 2 N–H and O–H groups in total. The highest BCUT2D eigenvalue weighted by Crippen LogP contribution is 2.05. The molecule has 1 aromatic heterocycles. The molecule has 0 aliphatic carbocycles. The van der Waals surface area contributed by atoms with Gasteiger partial charge >= 0.3 is 0 Å². The fraction of sp³-hybridized carbons (Fsp3) is 0.500. The Morgan fingerprint density at radius 1 is 1.64 bits per heavy atom. The molecule has 1 aromatic rings. The van der Waals surface area contributed by atoms with Gasteiger partial charge in [-0.15, -0.1) is 0 Å². The van der Waals surface area contributed by atoms with Gasteiger partial charge in [-0.2, -0.15) is 0 Å². The van der Waals surface area contributed by atoms with Crippen LogP contribution in [0.15, 0.2) is 12.1 Å². The van der Waals surface area contributed by atoms with Gasteiger partial charge in [0.15, 0.2) is 0 Å². The Kier molecular flexibility index (Phi) is 3.30. The third kappa shape index (κ3) is 2.35. The first-order valence-electron chi connectivity index (χ1n) is 4.61. The van der Waals surface area contributed by atoms with Gasteiger partial charge in [0.25, 0.3) is 5.91 Å². The molecule has 1 atom stereocenters. The van der Waals surface area contributed by atoms with Crippen molar-refractivity contribution < 1.29 is 9.90 Å². The van der Waals surface area contributed by atoms with E-state index < -0.39 is 6.10 Å². The Balaban J connectivity index is 2.66. The van der Waals surface area contributed by atoms with E-state index in [-0.39, 0.29) is 12.5 Å². The lowest BCUT2D eigenvalue weighted by atomic mass is 10.3. The van der Waals surface area contributed by atoms with Crippen LogP contribution in [0.2, 0.25) is 0 Å². The summed E-state index contributed by atoms with van der Waals surface area (Å²) in [5, 5.41) is 11.6. The molecule has 4 nitrogen and oxygen atoms in total. The van der Waals surface area contributed by atoms with Crippen molar-refractivity contribution in [2.75, 3.05) is 6.54 Å². The molecule has 0 bridgehead atoms. The van der Waals surface area contributed by atoms with Crippen LogP contribution < -0.4 is 5.32 Å². The Labute approximate surface area is 83.5 Å².